The van der Waals surface area contributed by atoms with Crippen molar-refractivity contribution in [1.29, 1.82) is 0 Å². The Labute approximate surface area is 117 Å². The maximum absolute atomic E-state index is 5.98. The molecule has 4 heteroatoms. The van der Waals surface area contributed by atoms with Crippen LogP contribution in [0.5, 0.6) is 11.8 Å². The fraction of sp³-hybridized carbons (Fsp3) is 0.125. The van der Waals surface area contributed by atoms with Gasteiger partial charge in [-0.3, -0.25) is 0 Å². The predicted molar refractivity (Wildman–Crippen MR) is 79.9 cm³/mol. The number of aromatic nitrogens is 2. The number of hydrogen-bond acceptors (Lipinski definition) is 4. The van der Waals surface area contributed by atoms with E-state index in [0.29, 0.717) is 11.8 Å². The molecule has 4 nitrogen and oxygen atoms in total. The molecule has 100 valence electrons. The molecule has 0 bridgehead atoms. The molecule has 0 spiro atoms. The molecule has 0 fully saturated rings. The lowest BCUT2D eigenvalue weighted by Gasteiger charge is -2.10. The van der Waals surface area contributed by atoms with Crippen LogP contribution in [0.15, 0.2) is 42.5 Å². The average Bonchev–Trinajstić information content (AvgIpc) is 2.41. The number of nitrogens with two attached hydrogens (primary N) is 1. The molecule has 0 unspecified atom stereocenters. The van der Waals surface area contributed by atoms with E-state index in [1.165, 1.54) is 0 Å². The summed E-state index contributed by atoms with van der Waals surface area (Å²) in [5.74, 6) is 0.708. The molecule has 0 aliphatic heterocycles. The molecule has 3 aromatic rings. The van der Waals surface area contributed by atoms with Crippen molar-refractivity contribution in [3.05, 3.63) is 53.9 Å². The first-order valence-corrected chi connectivity index (χ1v) is 6.41. The fourth-order valence-corrected chi connectivity index (χ4v) is 2.22. The van der Waals surface area contributed by atoms with Crippen LogP contribution in [0, 0.1) is 13.8 Å². The van der Waals surface area contributed by atoms with E-state index in [1.54, 1.807) is 0 Å². The Balaban J connectivity index is 2.09. The molecule has 20 heavy (non-hydrogen) atoms. The van der Waals surface area contributed by atoms with E-state index in [9.17, 15) is 0 Å². The van der Waals surface area contributed by atoms with E-state index < -0.39 is 0 Å². The lowest BCUT2D eigenvalue weighted by Crippen LogP contribution is -1.97. The molecule has 2 aromatic carbocycles. The van der Waals surface area contributed by atoms with Crippen LogP contribution in [0.25, 0.3) is 10.8 Å². The van der Waals surface area contributed by atoms with Crippen LogP contribution in [0.4, 0.5) is 5.69 Å². The molecule has 0 aliphatic carbocycles. The van der Waals surface area contributed by atoms with Crippen LogP contribution in [0.1, 0.15) is 11.4 Å². The number of rotatable bonds is 2. The molecule has 0 saturated heterocycles. The molecule has 1 heterocycles. The minimum Gasteiger partial charge on any atom is -0.424 e. The van der Waals surface area contributed by atoms with Crippen molar-refractivity contribution in [1.82, 2.24) is 9.97 Å². The molecule has 2 N–H and O–H groups in total. The molecule has 0 amide bonds. The first kappa shape index (κ1) is 12.4. The highest BCUT2D eigenvalue weighted by atomic mass is 16.5. The van der Waals surface area contributed by atoms with Gasteiger partial charge in [0.05, 0.1) is 0 Å². The SMILES string of the molecule is Cc1cc(C)nc(Oc2ccc(N)c3ccccc23)n1. The molecule has 0 saturated carbocycles. The van der Waals surface area contributed by atoms with Crippen molar-refractivity contribution in [3.8, 4) is 11.8 Å². The van der Waals surface area contributed by atoms with Crippen molar-refractivity contribution in [2.45, 2.75) is 13.8 Å². The van der Waals surface area contributed by atoms with E-state index >= 15 is 0 Å². The van der Waals surface area contributed by atoms with Crippen LogP contribution in [0.3, 0.4) is 0 Å². The number of fused-ring (bicyclic) bond motifs is 1. The smallest absolute Gasteiger partial charge is 0.322 e. The Bertz CT molecular complexity index is 764. The molecule has 1 aromatic heterocycles. The van der Waals surface area contributed by atoms with Crippen LogP contribution in [-0.4, -0.2) is 9.97 Å². The Kier molecular flexibility index (Phi) is 2.99. The number of aryl methyl sites for hydroxylation is 2. The van der Waals surface area contributed by atoms with Gasteiger partial charge in [0.15, 0.2) is 0 Å². The van der Waals surface area contributed by atoms with Gasteiger partial charge in [-0.05, 0) is 32.0 Å². The topological polar surface area (TPSA) is 61.0 Å². The molecular formula is C16H15N3O. The second kappa shape index (κ2) is 4.81. The van der Waals surface area contributed by atoms with Gasteiger partial charge in [-0.25, -0.2) is 9.97 Å². The van der Waals surface area contributed by atoms with Gasteiger partial charge < -0.3 is 10.5 Å². The van der Waals surface area contributed by atoms with Crippen molar-refractivity contribution < 1.29 is 4.74 Å². The molecule has 3 rings (SSSR count). The summed E-state index contributed by atoms with van der Waals surface area (Å²) in [6, 6.07) is 13.8. The number of hydrogen-bond donors (Lipinski definition) is 1. The lowest BCUT2D eigenvalue weighted by atomic mass is 10.1. The molecule has 0 radical (unpaired) electrons. The Morgan fingerprint density at radius 2 is 1.55 bits per heavy atom. The third kappa shape index (κ3) is 2.28. The lowest BCUT2D eigenvalue weighted by molar-refractivity contribution is 0.444. The van der Waals surface area contributed by atoms with Crippen molar-refractivity contribution in [2.24, 2.45) is 0 Å². The summed E-state index contributed by atoms with van der Waals surface area (Å²) in [6.07, 6.45) is 0. The first-order valence-electron chi connectivity index (χ1n) is 6.41. The highest BCUT2D eigenvalue weighted by molar-refractivity contribution is 5.97. The number of benzene rings is 2. The number of nitrogens with zero attached hydrogens (tertiary/aromatic N) is 2. The third-order valence-corrected chi connectivity index (χ3v) is 3.08. The van der Waals surface area contributed by atoms with Crippen LogP contribution in [-0.2, 0) is 0 Å². The number of ether oxygens (including phenoxy) is 1. The summed E-state index contributed by atoms with van der Waals surface area (Å²) in [4.78, 5) is 8.59. The third-order valence-electron chi connectivity index (χ3n) is 3.08. The maximum Gasteiger partial charge on any atom is 0.322 e. The maximum atomic E-state index is 5.98. The van der Waals surface area contributed by atoms with Gasteiger partial charge in [-0.2, -0.15) is 0 Å². The second-order valence-corrected chi connectivity index (χ2v) is 4.73. The molecular weight excluding hydrogens is 250 g/mol. The monoisotopic (exact) mass is 265 g/mol. The standard InChI is InChI=1S/C16H15N3O/c1-10-9-11(2)19-16(18-10)20-15-8-7-14(17)12-5-3-4-6-13(12)15/h3-9H,17H2,1-2H3. The minimum atomic E-state index is 0.359. The van der Waals surface area contributed by atoms with E-state index in [1.807, 2.05) is 56.3 Å². The van der Waals surface area contributed by atoms with Crippen molar-refractivity contribution >= 4 is 16.5 Å². The fourth-order valence-electron chi connectivity index (χ4n) is 2.22. The van der Waals surface area contributed by atoms with Crippen molar-refractivity contribution in [3.63, 3.8) is 0 Å². The van der Waals surface area contributed by atoms with Crippen LogP contribution >= 0.6 is 0 Å². The van der Waals surface area contributed by atoms with Crippen molar-refractivity contribution in [2.75, 3.05) is 5.73 Å². The summed E-state index contributed by atoms with van der Waals surface area (Å²) < 4.78 is 5.83. The number of anilines is 1. The quantitative estimate of drug-likeness (QED) is 0.719. The normalized spacial score (nSPS) is 10.7. The summed E-state index contributed by atoms with van der Waals surface area (Å²) >= 11 is 0. The summed E-state index contributed by atoms with van der Waals surface area (Å²) in [5.41, 5.74) is 8.47. The summed E-state index contributed by atoms with van der Waals surface area (Å²) in [7, 11) is 0. The van der Waals surface area contributed by atoms with Gasteiger partial charge in [-0.15, -0.1) is 0 Å². The minimum absolute atomic E-state index is 0.359. The first-order chi connectivity index (χ1) is 9.63. The van der Waals surface area contributed by atoms with Gasteiger partial charge in [-0.1, -0.05) is 24.3 Å². The zero-order valence-electron chi connectivity index (χ0n) is 11.4. The zero-order chi connectivity index (χ0) is 14.1. The van der Waals surface area contributed by atoms with Crippen LogP contribution in [0.2, 0.25) is 0 Å². The Hall–Kier alpha value is -2.62. The highest BCUT2D eigenvalue weighted by Gasteiger charge is 2.08. The van der Waals surface area contributed by atoms with Crippen LogP contribution < -0.4 is 10.5 Å². The van der Waals surface area contributed by atoms with Gasteiger partial charge in [0, 0.05) is 27.8 Å². The van der Waals surface area contributed by atoms with Gasteiger partial charge >= 0.3 is 6.01 Å². The van der Waals surface area contributed by atoms with Gasteiger partial charge in [0.25, 0.3) is 0 Å². The van der Waals surface area contributed by atoms with Gasteiger partial charge in [0.2, 0.25) is 0 Å². The van der Waals surface area contributed by atoms with Gasteiger partial charge in [0.1, 0.15) is 5.75 Å². The Morgan fingerprint density at radius 3 is 2.25 bits per heavy atom. The predicted octanol–water partition coefficient (Wildman–Crippen LogP) is 3.62. The highest BCUT2D eigenvalue weighted by Crippen LogP contribution is 2.32. The summed E-state index contributed by atoms with van der Waals surface area (Å²) in [5, 5.41) is 1.92. The summed E-state index contributed by atoms with van der Waals surface area (Å²) in [6.45, 7) is 3.84. The number of nitrogen functional groups attached to an aromatic ring is 1. The molecule has 0 aliphatic rings. The molecule has 0 atom stereocenters. The zero-order valence-corrected chi connectivity index (χ0v) is 11.4. The van der Waals surface area contributed by atoms with E-state index in [0.717, 1.165) is 27.8 Å². The van der Waals surface area contributed by atoms with E-state index in [-0.39, 0.29) is 0 Å². The largest absolute Gasteiger partial charge is 0.424 e. The van der Waals surface area contributed by atoms with E-state index in [4.69, 9.17) is 10.5 Å². The second-order valence-electron chi connectivity index (χ2n) is 4.73. The Morgan fingerprint density at radius 1 is 0.900 bits per heavy atom. The average molecular weight is 265 g/mol. The van der Waals surface area contributed by atoms with E-state index in [2.05, 4.69) is 9.97 Å².